The number of halogens is 4. The highest BCUT2D eigenvalue weighted by Crippen LogP contribution is 2.39. The Balaban J connectivity index is 0.00000209. The number of hydrogen-bond acceptors (Lipinski definition) is 6. The maximum absolute atomic E-state index is 16.4. The van der Waals surface area contributed by atoms with Crippen LogP contribution in [0.5, 0.6) is 0 Å². The van der Waals surface area contributed by atoms with Crippen LogP contribution < -0.4 is 10.6 Å². The van der Waals surface area contributed by atoms with E-state index < -0.39 is 12.1 Å². The number of carbonyl (C=O) groups excluding carboxylic acids is 2. The fourth-order valence-electron chi connectivity index (χ4n) is 7.14. The van der Waals surface area contributed by atoms with Crippen molar-refractivity contribution in [1.82, 2.24) is 35.5 Å². The molecule has 282 valence electrons. The first-order valence-electron chi connectivity index (χ1n) is 17.3. The minimum atomic E-state index is -0.729. The summed E-state index contributed by atoms with van der Waals surface area (Å²) in [6.45, 7) is 5.32. The summed E-state index contributed by atoms with van der Waals surface area (Å²) in [6.07, 6.45) is 6.63. The summed E-state index contributed by atoms with van der Waals surface area (Å²) in [5.74, 6) is 0.893. The maximum Gasteiger partial charge on any atom is 0.407 e. The van der Waals surface area contributed by atoms with Crippen LogP contribution in [0.2, 0.25) is 0 Å². The van der Waals surface area contributed by atoms with Gasteiger partial charge in [0.1, 0.15) is 23.5 Å². The minimum Gasteiger partial charge on any atom is -0.453 e. The molecule has 2 saturated heterocycles. The molecular weight excluding hydrogens is 740 g/mol. The molecule has 2 aliphatic heterocycles. The number of hydrogen-bond donors (Lipinski definition) is 4. The lowest BCUT2D eigenvalue weighted by Gasteiger charge is -2.30. The van der Waals surface area contributed by atoms with Crippen LogP contribution in [0, 0.1) is 11.7 Å². The number of nitrogens with zero attached hydrogens (tertiary/aromatic N) is 3. The number of alkyl carbamates (subject to hydrolysis) is 1. The van der Waals surface area contributed by atoms with Gasteiger partial charge in [-0.15, -0.1) is 37.2 Å². The van der Waals surface area contributed by atoms with Crippen molar-refractivity contribution in [2.24, 2.45) is 5.92 Å². The Kier molecular flexibility index (Phi) is 14.1. The topological polar surface area (TPSA) is 128 Å². The number of nitrogens with one attached hydrogen (secondary N) is 4. The van der Waals surface area contributed by atoms with E-state index in [4.69, 9.17) is 4.74 Å². The summed E-state index contributed by atoms with van der Waals surface area (Å²) in [6, 6.07) is 20.4. The van der Waals surface area contributed by atoms with Crippen molar-refractivity contribution >= 4 is 49.2 Å². The van der Waals surface area contributed by atoms with Gasteiger partial charge in [-0.05, 0) is 72.5 Å². The molecule has 7 rings (SSSR count). The first kappa shape index (κ1) is 41.3. The number of aromatic nitrogens is 4. The second kappa shape index (κ2) is 18.1. The fraction of sp³-hybridized carbons (Fsp3) is 0.333. The third-order valence-corrected chi connectivity index (χ3v) is 9.79. The van der Waals surface area contributed by atoms with Gasteiger partial charge < -0.3 is 30.2 Å². The standard InChI is InChI=1S/C39H42FN7O3.3ClH/c1-23(2)35(46-39(49)50-3)38(48)47-18-8-12-33(47)37-43-22-32(45-37)27-19-28(24-9-5-4-6-10-24)34(29(40)20-27)26-15-13-25(14-16-26)31-21-42-36(44-31)30-11-7-17-41-30;;;/h4-6,9-10,13-16,19-23,30,33,35,41H,7-8,11-12,17-18H2,1-3H3,(H,42,44)(H,43,45)(H,46,49);3*1H/t30-,33-,35-;;;/m0.../s1. The lowest BCUT2D eigenvalue weighted by Crippen LogP contribution is -2.51. The molecule has 0 radical (unpaired) electrons. The molecule has 0 aliphatic carbocycles. The van der Waals surface area contributed by atoms with Gasteiger partial charge in [-0.1, -0.05) is 68.4 Å². The van der Waals surface area contributed by atoms with E-state index in [9.17, 15) is 9.59 Å². The zero-order chi connectivity index (χ0) is 34.8. The number of H-pyrrole nitrogens is 2. The van der Waals surface area contributed by atoms with E-state index in [-0.39, 0.29) is 66.9 Å². The maximum atomic E-state index is 16.4. The lowest BCUT2D eigenvalue weighted by molar-refractivity contribution is -0.135. The number of imidazole rings is 2. The van der Waals surface area contributed by atoms with Crippen molar-refractivity contribution in [3.63, 3.8) is 0 Å². The molecule has 3 atom stereocenters. The third kappa shape index (κ3) is 8.70. The highest BCUT2D eigenvalue weighted by atomic mass is 35.5. The number of aromatic amines is 2. The number of ether oxygens (including phenoxy) is 1. The predicted molar refractivity (Wildman–Crippen MR) is 212 cm³/mol. The van der Waals surface area contributed by atoms with Gasteiger partial charge in [0.25, 0.3) is 0 Å². The zero-order valence-electron chi connectivity index (χ0n) is 29.7. The molecule has 0 spiro atoms. The Labute approximate surface area is 327 Å². The molecular formula is C39H45Cl3FN7O3. The summed E-state index contributed by atoms with van der Waals surface area (Å²) in [7, 11) is 1.28. The summed E-state index contributed by atoms with van der Waals surface area (Å²) in [5, 5.41) is 6.16. The molecule has 2 aromatic heterocycles. The number of rotatable bonds is 9. The Bertz CT molecular complexity index is 1980. The first-order valence-corrected chi connectivity index (χ1v) is 17.3. The van der Waals surface area contributed by atoms with Gasteiger partial charge in [-0.25, -0.2) is 19.2 Å². The second-order valence-corrected chi connectivity index (χ2v) is 13.4. The largest absolute Gasteiger partial charge is 0.453 e. The monoisotopic (exact) mass is 783 g/mol. The summed E-state index contributed by atoms with van der Waals surface area (Å²) in [4.78, 5) is 43.5. The molecule has 10 nitrogen and oxygen atoms in total. The van der Waals surface area contributed by atoms with Crippen LogP contribution in [0.3, 0.4) is 0 Å². The van der Waals surface area contributed by atoms with Crippen LogP contribution in [0.25, 0.3) is 44.8 Å². The van der Waals surface area contributed by atoms with E-state index in [1.807, 2.05) is 80.7 Å². The summed E-state index contributed by atoms with van der Waals surface area (Å²) in [5.41, 5.74) is 6.13. The molecule has 0 saturated carbocycles. The van der Waals surface area contributed by atoms with Gasteiger partial charge in [0, 0.05) is 17.7 Å². The van der Waals surface area contributed by atoms with Crippen molar-refractivity contribution in [3.05, 3.63) is 96.6 Å². The van der Waals surface area contributed by atoms with Crippen LogP contribution in [0.4, 0.5) is 9.18 Å². The average molecular weight is 785 g/mol. The van der Waals surface area contributed by atoms with Crippen LogP contribution in [0.1, 0.15) is 63.3 Å². The molecule has 2 aliphatic rings. The van der Waals surface area contributed by atoms with Gasteiger partial charge >= 0.3 is 6.09 Å². The van der Waals surface area contributed by atoms with Crippen LogP contribution in [-0.2, 0) is 9.53 Å². The Hall–Kier alpha value is -4.42. The number of methoxy groups -OCH3 is 1. The summed E-state index contributed by atoms with van der Waals surface area (Å²) < 4.78 is 21.1. The minimum absolute atomic E-state index is 0. The van der Waals surface area contributed by atoms with Crippen LogP contribution in [0.15, 0.2) is 79.1 Å². The Morgan fingerprint density at radius 3 is 2.17 bits per heavy atom. The van der Waals surface area contributed by atoms with Gasteiger partial charge in [-0.2, -0.15) is 0 Å². The SMILES string of the molecule is COC(=O)N[C@H](C(=O)N1CCC[C@H]1c1ncc(-c2cc(F)c(-c3ccc(-c4cnc([C@@H]5CCCN5)[nH]4)cc3)c(-c3ccccc3)c2)[nH]1)C(C)C.Cl.Cl.Cl. The van der Waals surface area contributed by atoms with Crippen LogP contribution in [-0.4, -0.2) is 63.1 Å². The van der Waals surface area contributed by atoms with Gasteiger partial charge in [0.05, 0.1) is 43.0 Å². The lowest BCUT2D eigenvalue weighted by atomic mass is 9.91. The van der Waals surface area contributed by atoms with Gasteiger partial charge in [0.2, 0.25) is 5.91 Å². The Morgan fingerprint density at radius 2 is 1.51 bits per heavy atom. The van der Waals surface area contributed by atoms with E-state index in [0.29, 0.717) is 29.2 Å². The molecule has 2 fully saturated rings. The van der Waals surface area contributed by atoms with E-state index in [1.54, 1.807) is 11.1 Å². The number of amides is 2. The molecule has 3 aromatic carbocycles. The quantitative estimate of drug-likeness (QED) is 0.119. The number of likely N-dealkylation sites (tertiary alicyclic amines) is 1. The Morgan fingerprint density at radius 1 is 0.849 bits per heavy atom. The van der Waals surface area contributed by atoms with Gasteiger partial charge in [-0.3, -0.25) is 4.79 Å². The molecule has 14 heteroatoms. The third-order valence-electron chi connectivity index (χ3n) is 9.79. The summed E-state index contributed by atoms with van der Waals surface area (Å²) >= 11 is 0. The smallest absolute Gasteiger partial charge is 0.407 e. The highest BCUT2D eigenvalue weighted by Gasteiger charge is 2.37. The van der Waals surface area contributed by atoms with Crippen molar-refractivity contribution in [3.8, 4) is 44.8 Å². The van der Waals surface area contributed by atoms with E-state index in [2.05, 4.69) is 30.6 Å². The van der Waals surface area contributed by atoms with E-state index in [0.717, 1.165) is 66.0 Å². The predicted octanol–water partition coefficient (Wildman–Crippen LogP) is 8.67. The average Bonchev–Trinajstić information content (AvgIpc) is 3.97. The van der Waals surface area contributed by atoms with Crippen molar-refractivity contribution in [1.29, 1.82) is 0 Å². The highest BCUT2D eigenvalue weighted by molar-refractivity contribution is 5.88. The molecule has 4 heterocycles. The van der Waals surface area contributed by atoms with Crippen molar-refractivity contribution in [2.75, 3.05) is 20.2 Å². The molecule has 2 amide bonds. The zero-order valence-corrected chi connectivity index (χ0v) is 32.2. The van der Waals surface area contributed by atoms with Crippen LogP contribution >= 0.6 is 37.2 Å². The molecule has 5 aromatic rings. The van der Waals surface area contributed by atoms with E-state index >= 15 is 4.39 Å². The molecule has 4 N–H and O–H groups in total. The normalized spacial score (nSPS) is 17.0. The molecule has 0 bridgehead atoms. The molecule has 53 heavy (non-hydrogen) atoms. The number of benzene rings is 3. The second-order valence-electron chi connectivity index (χ2n) is 13.4. The first-order chi connectivity index (χ1) is 24.3. The molecule has 0 unspecified atom stereocenters. The van der Waals surface area contributed by atoms with Gasteiger partial charge in [0.15, 0.2) is 0 Å². The fourth-order valence-corrected chi connectivity index (χ4v) is 7.14. The number of carbonyl (C=O) groups is 2. The van der Waals surface area contributed by atoms with Crippen molar-refractivity contribution < 1.29 is 18.7 Å². The van der Waals surface area contributed by atoms with E-state index in [1.165, 1.54) is 13.2 Å². The van der Waals surface area contributed by atoms with Crippen molar-refractivity contribution in [2.45, 2.75) is 57.7 Å².